The maximum atomic E-state index is 4.62. The number of nitrogens with zero attached hydrogens (tertiary/aromatic N) is 5. The quantitative estimate of drug-likeness (QED) is 0.820. The fraction of sp³-hybridized carbons (Fsp3) is 0.625. The van der Waals surface area contributed by atoms with Crippen LogP contribution in [0.15, 0.2) is 6.07 Å². The third-order valence-electron chi connectivity index (χ3n) is 4.14. The van der Waals surface area contributed by atoms with Gasteiger partial charge in [0, 0.05) is 37.9 Å². The maximum Gasteiger partial charge on any atom is 0.0641 e. The van der Waals surface area contributed by atoms with Crippen molar-refractivity contribution in [2.75, 3.05) is 6.54 Å². The average molecular weight is 289 g/mol. The average Bonchev–Trinajstić information content (AvgIpc) is 2.90. The topological polar surface area (TPSA) is 38.9 Å². The summed E-state index contributed by atoms with van der Waals surface area (Å²) in [5.41, 5.74) is 6.13. The molecule has 5 heteroatoms. The predicted molar refractivity (Wildman–Crippen MR) is 85.1 cm³/mol. The van der Waals surface area contributed by atoms with Crippen LogP contribution in [0.4, 0.5) is 0 Å². The summed E-state index contributed by atoms with van der Waals surface area (Å²) in [5, 5.41) is 9.05. The summed E-state index contributed by atoms with van der Waals surface area (Å²) in [5.74, 6) is 0. The fourth-order valence-corrected chi connectivity index (χ4v) is 2.82. The molecule has 0 aliphatic rings. The van der Waals surface area contributed by atoms with Crippen molar-refractivity contribution in [1.82, 2.24) is 24.5 Å². The number of aryl methyl sites for hydroxylation is 4. The second-order valence-corrected chi connectivity index (χ2v) is 5.67. The molecule has 2 rings (SSSR count). The van der Waals surface area contributed by atoms with Crippen LogP contribution >= 0.6 is 0 Å². The minimum absolute atomic E-state index is 0.921. The normalized spacial score (nSPS) is 11.6. The van der Waals surface area contributed by atoms with Gasteiger partial charge in [-0.05, 0) is 40.3 Å². The summed E-state index contributed by atoms with van der Waals surface area (Å²) in [6.45, 7) is 14.5. The summed E-state index contributed by atoms with van der Waals surface area (Å²) < 4.78 is 4.07. The molecule has 2 aromatic heterocycles. The van der Waals surface area contributed by atoms with E-state index in [2.05, 4.69) is 53.5 Å². The summed E-state index contributed by atoms with van der Waals surface area (Å²) >= 11 is 0. The number of hydrogen-bond acceptors (Lipinski definition) is 3. The van der Waals surface area contributed by atoms with Crippen molar-refractivity contribution in [1.29, 1.82) is 0 Å². The Morgan fingerprint density at radius 1 is 1.10 bits per heavy atom. The van der Waals surface area contributed by atoms with Gasteiger partial charge in [0.25, 0.3) is 0 Å². The van der Waals surface area contributed by atoms with Crippen LogP contribution in [-0.2, 0) is 26.7 Å². The van der Waals surface area contributed by atoms with E-state index in [9.17, 15) is 0 Å². The van der Waals surface area contributed by atoms with Crippen LogP contribution in [0.2, 0.25) is 0 Å². The maximum absolute atomic E-state index is 4.62. The standard InChI is InChI=1S/C16H27N5/c1-7-20(10-15-9-12(3)17-19(15)6)11-16-13(4)18-21(8-2)14(16)5/h9H,7-8,10-11H2,1-6H3. The highest BCUT2D eigenvalue weighted by Crippen LogP contribution is 2.17. The molecule has 0 saturated carbocycles. The Balaban J connectivity index is 2.16. The third-order valence-corrected chi connectivity index (χ3v) is 4.14. The first kappa shape index (κ1) is 15.8. The predicted octanol–water partition coefficient (Wildman–Crippen LogP) is 2.58. The Bertz CT molecular complexity index is 608. The SMILES string of the molecule is CCN(Cc1c(C)nn(CC)c1C)Cc1cc(C)nn1C. The smallest absolute Gasteiger partial charge is 0.0641 e. The number of aromatic nitrogens is 4. The highest BCUT2D eigenvalue weighted by molar-refractivity contribution is 5.24. The van der Waals surface area contributed by atoms with Crippen LogP contribution in [0.3, 0.4) is 0 Å². The van der Waals surface area contributed by atoms with Gasteiger partial charge in [0.2, 0.25) is 0 Å². The van der Waals surface area contributed by atoms with Crippen molar-refractivity contribution in [2.24, 2.45) is 7.05 Å². The van der Waals surface area contributed by atoms with Gasteiger partial charge in [-0.3, -0.25) is 14.3 Å². The summed E-state index contributed by atoms with van der Waals surface area (Å²) in [7, 11) is 2.02. The Morgan fingerprint density at radius 2 is 1.81 bits per heavy atom. The van der Waals surface area contributed by atoms with Gasteiger partial charge in [0.05, 0.1) is 17.1 Å². The highest BCUT2D eigenvalue weighted by atomic mass is 15.3. The van der Waals surface area contributed by atoms with Crippen molar-refractivity contribution >= 4 is 0 Å². The Hall–Kier alpha value is -1.62. The molecule has 0 aliphatic carbocycles. The fourth-order valence-electron chi connectivity index (χ4n) is 2.82. The molecule has 0 fully saturated rings. The summed E-state index contributed by atoms with van der Waals surface area (Å²) in [6.07, 6.45) is 0. The van der Waals surface area contributed by atoms with Gasteiger partial charge in [-0.25, -0.2) is 0 Å². The van der Waals surface area contributed by atoms with Crippen LogP contribution in [0.1, 0.15) is 42.2 Å². The van der Waals surface area contributed by atoms with Crippen LogP contribution in [0.25, 0.3) is 0 Å². The van der Waals surface area contributed by atoms with E-state index in [1.54, 1.807) is 0 Å². The summed E-state index contributed by atoms with van der Waals surface area (Å²) in [4.78, 5) is 2.44. The lowest BCUT2D eigenvalue weighted by atomic mass is 10.1. The molecule has 0 saturated heterocycles. The van der Waals surface area contributed by atoms with Crippen molar-refractivity contribution in [3.63, 3.8) is 0 Å². The van der Waals surface area contributed by atoms with Crippen molar-refractivity contribution in [2.45, 2.75) is 54.3 Å². The number of hydrogen-bond donors (Lipinski definition) is 0. The van der Waals surface area contributed by atoms with Gasteiger partial charge in [-0.1, -0.05) is 6.92 Å². The number of rotatable bonds is 6. The molecular weight excluding hydrogens is 262 g/mol. The molecule has 0 amide bonds. The molecule has 21 heavy (non-hydrogen) atoms. The second kappa shape index (κ2) is 6.43. The molecule has 5 nitrogen and oxygen atoms in total. The van der Waals surface area contributed by atoms with Gasteiger partial charge in [-0.2, -0.15) is 10.2 Å². The highest BCUT2D eigenvalue weighted by Gasteiger charge is 2.15. The molecule has 0 aliphatic heterocycles. The van der Waals surface area contributed by atoms with E-state index in [0.29, 0.717) is 0 Å². The molecule has 0 atom stereocenters. The summed E-state index contributed by atoms with van der Waals surface area (Å²) in [6, 6.07) is 2.16. The van der Waals surface area contributed by atoms with Gasteiger partial charge in [0.1, 0.15) is 0 Å². The van der Waals surface area contributed by atoms with E-state index >= 15 is 0 Å². The molecular formula is C16H27N5. The largest absolute Gasteiger partial charge is 0.293 e. The Labute approximate surface area is 127 Å². The first-order valence-corrected chi connectivity index (χ1v) is 7.71. The lowest BCUT2D eigenvalue weighted by molar-refractivity contribution is 0.263. The molecule has 2 aromatic rings. The third kappa shape index (κ3) is 3.35. The lowest BCUT2D eigenvalue weighted by Gasteiger charge is -2.20. The molecule has 0 radical (unpaired) electrons. The molecule has 0 unspecified atom stereocenters. The lowest BCUT2D eigenvalue weighted by Crippen LogP contribution is -2.24. The van der Waals surface area contributed by atoms with Crippen LogP contribution < -0.4 is 0 Å². The van der Waals surface area contributed by atoms with Gasteiger partial charge >= 0.3 is 0 Å². The van der Waals surface area contributed by atoms with Crippen molar-refractivity contribution in [3.05, 3.63) is 34.4 Å². The first-order valence-electron chi connectivity index (χ1n) is 7.71. The zero-order valence-corrected chi connectivity index (χ0v) is 14.1. The van der Waals surface area contributed by atoms with E-state index in [4.69, 9.17) is 0 Å². The zero-order valence-electron chi connectivity index (χ0n) is 14.1. The van der Waals surface area contributed by atoms with E-state index in [1.807, 2.05) is 18.7 Å². The van der Waals surface area contributed by atoms with E-state index in [0.717, 1.165) is 37.6 Å². The molecule has 0 bridgehead atoms. The Morgan fingerprint density at radius 3 is 2.29 bits per heavy atom. The van der Waals surface area contributed by atoms with Crippen molar-refractivity contribution in [3.8, 4) is 0 Å². The molecule has 116 valence electrons. The molecule has 0 N–H and O–H groups in total. The van der Waals surface area contributed by atoms with Gasteiger partial charge in [-0.15, -0.1) is 0 Å². The van der Waals surface area contributed by atoms with Gasteiger partial charge < -0.3 is 0 Å². The zero-order chi connectivity index (χ0) is 15.6. The Kier molecular flexibility index (Phi) is 4.83. The molecule has 0 spiro atoms. The van der Waals surface area contributed by atoms with E-state index in [-0.39, 0.29) is 0 Å². The molecule has 0 aromatic carbocycles. The van der Waals surface area contributed by atoms with E-state index < -0.39 is 0 Å². The van der Waals surface area contributed by atoms with Crippen LogP contribution in [0.5, 0.6) is 0 Å². The monoisotopic (exact) mass is 289 g/mol. The first-order chi connectivity index (χ1) is 9.96. The van der Waals surface area contributed by atoms with E-state index in [1.165, 1.54) is 17.0 Å². The van der Waals surface area contributed by atoms with Crippen molar-refractivity contribution < 1.29 is 0 Å². The van der Waals surface area contributed by atoms with Crippen LogP contribution in [0, 0.1) is 20.8 Å². The van der Waals surface area contributed by atoms with Crippen LogP contribution in [-0.4, -0.2) is 31.0 Å². The minimum atomic E-state index is 0.921. The second-order valence-electron chi connectivity index (χ2n) is 5.67. The van der Waals surface area contributed by atoms with Gasteiger partial charge in [0.15, 0.2) is 0 Å². The minimum Gasteiger partial charge on any atom is -0.293 e. The molecule has 2 heterocycles.